The van der Waals surface area contributed by atoms with Crippen molar-refractivity contribution in [2.75, 3.05) is 25.2 Å². The summed E-state index contributed by atoms with van der Waals surface area (Å²) < 4.78 is 38.7. The molecule has 0 atom stereocenters. The first-order chi connectivity index (χ1) is 13.9. The Morgan fingerprint density at radius 3 is 2.34 bits per heavy atom. The van der Waals surface area contributed by atoms with Gasteiger partial charge in [-0.15, -0.1) is 0 Å². The number of carbonyl (C=O) groups excluding carboxylic acids is 2. The van der Waals surface area contributed by atoms with Gasteiger partial charge in [0.1, 0.15) is 23.1 Å². The Balaban J connectivity index is 1.97. The van der Waals surface area contributed by atoms with Crippen LogP contribution in [0, 0.1) is 11.6 Å². The lowest BCUT2D eigenvalue weighted by Gasteiger charge is -2.34. The molecule has 0 fully saturated rings. The number of anilines is 1. The Bertz CT molecular complexity index is 924. The molecule has 1 heterocycles. The van der Waals surface area contributed by atoms with E-state index in [2.05, 4.69) is 0 Å². The third-order valence-corrected chi connectivity index (χ3v) is 4.37. The second-order valence-corrected chi connectivity index (χ2v) is 6.30. The van der Waals surface area contributed by atoms with Gasteiger partial charge in [0, 0.05) is 12.7 Å². The molecule has 0 aliphatic carbocycles. The lowest BCUT2D eigenvalue weighted by atomic mass is 10.1. The molecule has 3 rings (SSSR count). The number of rotatable bonds is 6. The smallest absolute Gasteiger partial charge is 0.337 e. The van der Waals surface area contributed by atoms with Gasteiger partial charge in [0.15, 0.2) is 0 Å². The topological polar surface area (TPSA) is 59.1 Å². The van der Waals surface area contributed by atoms with Gasteiger partial charge in [0.25, 0.3) is 0 Å². The Kier molecular flexibility index (Phi) is 6.11. The van der Waals surface area contributed by atoms with Crippen LogP contribution in [0.5, 0.6) is 5.75 Å². The van der Waals surface area contributed by atoms with Crippen molar-refractivity contribution in [3.05, 3.63) is 71.4 Å². The van der Waals surface area contributed by atoms with Crippen LogP contribution in [0.4, 0.5) is 19.3 Å². The molecule has 0 bridgehead atoms. The second-order valence-electron chi connectivity index (χ2n) is 6.30. The number of carbonyl (C=O) groups is 2. The van der Waals surface area contributed by atoms with E-state index >= 15 is 0 Å². The van der Waals surface area contributed by atoms with Gasteiger partial charge in [-0.1, -0.05) is 18.2 Å². The monoisotopic (exact) mass is 402 g/mol. The summed E-state index contributed by atoms with van der Waals surface area (Å²) in [6, 6.07) is 9.65. The van der Waals surface area contributed by atoms with Crippen LogP contribution in [0.15, 0.2) is 54.2 Å². The number of nitrogens with zero attached hydrogens (tertiary/aromatic N) is 2. The largest absolute Gasteiger partial charge is 0.497 e. The number of methoxy groups -OCH3 is 1. The number of esters is 1. The molecule has 0 unspecified atom stereocenters. The van der Waals surface area contributed by atoms with E-state index in [1.165, 1.54) is 11.0 Å². The number of benzene rings is 2. The average Bonchev–Trinajstić information content (AvgIpc) is 2.71. The van der Waals surface area contributed by atoms with E-state index in [4.69, 9.17) is 9.47 Å². The number of hydrogen-bond acceptors (Lipinski definition) is 4. The fraction of sp³-hybridized carbons (Fsp3) is 0.238. The molecule has 2 aromatic carbocycles. The summed E-state index contributed by atoms with van der Waals surface area (Å²) in [6.45, 7) is 1.87. The molecule has 0 saturated heterocycles. The number of para-hydroxylation sites is 1. The minimum absolute atomic E-state index is 0.0454. The van der Waals surface area contributed by atoms with Crippen molar-refractivity contribution in [2.45, 2.75) is 13.5 Å². The first-order valence-corrected chi connectivity index (χ1v) is 8.97. The van der Waals surface area contributed by atoms with Gasteiger partial charge < -0.3 is 14.4 Å². The Morgan fingerprint density at radius 2 is 1.76 bits per heavy atom. The lowest BCUT2D eigenvalue weighted by molar-refractivity contribution is -0.138. The number of halogens is 2. The summed E-state index contributed by atoms with van der Waals surface area (Å²) in [5.41, 5.74) is 0.333. The van der Waals surface area contributed by atoms with E-state index in [9.17, 15) is 18.4 Å². The van der Waals surface area contributed by atoms with E-state index in [1.807, 2.05) is 0 Å². The first kappa shape index (κ1) is 20.3. The number of urea groups is 1. The molecule has 0 aromatic heterocycles. The first-order valence-electron chi connectivity index (χ1n) is 8.97. The fourth-order valence-corrected chi connectivity index (χ4v) is 2.97. The molecule has 1 aliphatic rings. The summed E-state index contributed by atoms with van der Waals surface area (Å²) >= 11 is 0. The molecule has 2 aromatic rings. The van der Waals surface area contributed by atoms with Crippen LogP contribution in [-0.4, -0.2) is 37.2 Å². The molecule has 0 saturated carbocycles. The predicted molar refractivity (Wildman–Crippen MR) is 102 cm³/mol. The molecule has 6 nitrogen and oxygen atoms in total. The average molecular weight is 402 g/mol. The van der Waals surface area contributed by atoms with E-state index in [0.29, 0.717) is 5.75 Å². The molecular formula is C21H20F2N2O4. The van der Waals surface area contributed by atoms with Crippen molar-refractivity contribution in [3.63, 3.8) is 0 Å². The maximum atomic E-state index is 14.3. The molecule has 1 aliphatic heterocycles. The summed E-state index contributed by atoms with van der Waals surface area (Å²) in [6.07, 6.45) is 1.13. The quantitative estimate of drug-likeness (QED) is 0.689. The van der Waals surface area contributed by atoms with Crippen molar-refractivity contribution < 1.29 is 27.8 Å². The van der Waals surface area contributed by atoms with Crippen molar-refractivity contribution in [3.8, 4) is 5.75 Å². The van der Waals surface area contributed by atoms with Gasteiger partial charge in [-0.3, -0.25) is 4.90 Å². The van der Waals surface area contributed by atoms with Gasteiger partial charge in [0.05, 0.1) is 25.8 Å². The van der Waals surface area contributed by atoms with Crippen molar-refractivity contribution in [1.29, 1.82) is 0 Å². The SMILES string of the molecule is CCOC(=O)C1=CN(c2c(F)cccc2F)C(=O)N(Cc2ccc(OC)cc2)C1. The van der Waals surface area contributed by atoms with E-state index in [-0.39, 0.29) is 25.3 Å². The summed E-state index contributed by atoms with van der Waals surface area (Å²) in [4.78, 5) is 27.4. The normalized spacial score (nSPS) is 13.9. The second kappa shape index (κ2) is 8.72. The zero-order valence-electron chi connectivity index (χ0n) is 16.0. The van der Waals surface area contributed by atoms with Crippen LogP contribution in [0.25, 0.3) is 0 Å². The van der Waals surface area contributed by atoms with Gasteiger partial charge in [0.2, 0.25) is 0 Å². The molecular weight excluding hydrogens is 382 g/mol. The highest BCUT2D eigenvalue weighted by Crippen LogP contribution is 2.29. The standard InChI is InChI=1S/C21H20F2N2O4/c1-3-29-20(26)15-12-24(11-14-7-9-16(28-2)10-8-14)21(27)25(13-15)19-17(22)5-4-6-18(19)23/h4-10,13H,3,11-12H2,1-2H3. The summed E-state index contributed by atoms with van der Waals surface area (Å²) in [5, 5.41) is 0. The lowest BCUT2D eigenvalue weighted by Crippen LogP contribution is -2.47. The number of hydrogen-bond donors (Lipinski definition) is 0. The van der Waals surface area contributed by atoms with E-state index in [0.717, 1.165) is 28.8 Å². The summed E-state index contributed by atoms with van der Waals surface area (Å²) in [5.74, 6) is -1.82. The predicted octanol–water partition coefficient (Wildman–Crippen LogP) is 3.86. The maximum Gasteiger partial charge on any atom is 0.337 e. The zero-order chi connectivity index (χ0) is 21.0. The molecule has 0 spiro atoms. The molecule has 8 heteroatoms. The Labute approximate surface area is 166 Å². The zero-order valence-corrected chi connectivity index (χ0v) is 16.0. The van der Waals surface area contributed by atoms with Gasteiger partial charge in [-0.25, -0.2) is 18.4 Å². The van der Waals surface area contributed by atoms with Crippen LogP contribution in [-0.2, 0) is 16.1 Å². The van der Waals surface area contributed by atoms with Gasteiger partial charge >= 0.3 is 12.0 Å². The fourth-order valence-electron chi connectivity index (χ4n) is 2.97. The van der Waals surface area contributed by atoms with Crippen LogP contribution >= 0.6 is 0 Å². The Morgan fingerprint density at radius 1 is 1.10 bits per heavy atom. The summed E-state index contributed by atoms with van der Waals surface area (Å²) in [7, 11) is 1.54. The van der Waals surface area contributed by atoms with E-state index < -0.39 is 29.3 Å². The minimum Gasteiger partial charge on any atom is -0.497 e. The van der Waals surface area contributed by atoms with Crippen LogP contribution in [0.1, 0.15) is 12.5 Å². The third-order valence-electron chi connectivity index (χ3n) is 4.37. The Hall–Kier alpha value is -3.42. The van der Waals surface area contributed by atoms with Crippen molar-refractivity contribution in [2.24, 2.45) is 0 Å². The maximum absolute atomic E-state index is 14.3. The highest BCUT2D eigenvalue weighted by Gasteiger charge is 2.33. The van der Waals surface area contributed by atoms with Gasteiger partial charge in [-0.2, -0.15) is 0 Å². The highest BCUT2D eigenvalue weighted by molar-refractivity contribution is 6.00. The van der Waals surface area contributed by atoms with Crippen LogP contribution in [0.2, 0.25) is 0 Å². The number of amides is 2. The molecule has 152 valence electrons. The third kappa shape index (κ3) is 4.37. The van der Waals surface area contributed by atoms with Crippen molar-refractivity contribution in [1.82, 2.24) is 4.90 Å². The molecule has 0 radical (unpaired) electrons. The van der Waals surface area contributed by atoms with Crippen molar-refractivity contribution >= 4 is 17.7 Å². The molecule has 29 heavy (non-hydrogen) atoms. The van der Waals surface area contributed by atoms with Crippen LogP contribution < -0.4 is 9.64 Å². The van der Waals surface area contributed by atoms with Gasteiger partial charge in [-0.05, 0) is 36.8 Å². The minimum atomic E-state index is -0.913. The highest BCUT2D eigenvalue weighted by atomic mass is 19.1. The molecule has 0 N–H and O–H groups in total. The number of ether oxygens (including phenoxy) is 2. The van der Waals surface area contributed by atoms with Crippen LogP contribution in [0.3, 0.4) is 0 Å². The molecule has 2 amide bonds. The van der Waals surface area contributed by atoms with E-state index in [1.54, 1.807) is 38.3 Å².